The molecule has 3 aromatic rings. The van der Waals surface area contributed by atoms with E-state index >= 15 is 0 Å². The summed E-state index contributed by atoms with van der Waals surface area (Å²) >= 11 is 1.54. The number of carbonyl (C=O) groups excluding carboxylic acids is 1. The van der Waals surface area contributed by atoms with Crippen molar-refractivity contribution in [3.8, 4) is 11.8 Å². The Labute approximate surface area is 162 Å². The first-order valence-electron chi connectivity index (χ1n) is 9.09. The van der Waals surface area contributed by atoms with E-state index in [2.05, 4.69) is 33.1 Å². The number of hydrogen-bond acceptors (Lipinski definition) is 5. The molecule has 6 heteroatoms. The molecule has 0 bridgehead atoms. The number of amides is 1. The molecule has 1 saturated heterocycles. The summed E-state index contributed by atoms with van der Waals surface area (Å²) in [7, 11) is 0. The van der Waals surface area contributed by atoms with Crippen LogP contribution < -0.4 is 5.32 Å². The zero-order chi connectivity index (χ0) is 18.6. The summed E-state index contributed by atoms with van der Waals surface area (Å²) in [4.78, 5) is 18.9. The molecule has 0 unspecified atom stereocenters. The standard InChI is InChI=1S/C21H21N3O2S/c1-15(25)23-21-22-13-19(27-21)14-24-9-6-16(7-10-24)2-3-17-4-5-20-18(12-17)8-11-26-20/h4-5,8,11-13,16H,6-7,9-10,14H2,1H3,(H,22,23,25). The summed E-state index contributed by atoms with van der Waals surface area (Å²) in [6, 6.07) is 8.05. The van der Waals surface area contributed by atoms with E-state index in [4.69, 9.17) is 4.42 Å². The Balaban J connectivity index is 1.30. The molecule has 0 saturated carbocycles. The Kier molecular flexibility index (Phi) is 5.23. The highest BCUT2D eigenvalue weighted by atomic mass is 32.1. The molecule has 1 aromatic carbocycles. The summed E-state index contributed by atoms with van der Waals surface area (Å²) in [6.07, 6.45) is 5.73. The number of thiazole rings is 1. The van der Waals surface area contributed by atoms with Crippen LogP contribution in [-0.2, 0) is 11.3 Å². The number of rotatable bonds is 3. The maximum atomic E-state index is 11.1. The van der Waals surface area contributed by atoms with E-state index in [0.717, 1.165) is 49.0 Å². The van der Waals surface area contributed by atoms with Gasteiger partial charge in [0.2, 0.25) is 5.91 Å². The van der Waals surface area contributed by atoms with Crippen molar-refractivity contribution in [2.24, 2.45) is 5.92 Å². The second-order valence-corrected chi connectivity index (χ2v) is 7.92. The van der Waals surface area contributed by atoms with Gasteiger partial charge < -0.3 is 9.73 Å². The third kappa shape index (κ3) is 4.57. The first-order chi connectivity index (χ1) is 13.2. The van der Waals surface area contributed by atoms with Crippen LogP contribution in [0.3, 0.4) is 0 Å². The van der Waals surface area contributed by atoms with Crippen molar-refractivity contribution in [3.05, 3.63) is 47.2 Å². The van der Waals surface area contributed by atoms with Gasteiger partial charge in [0.05, 0.1) is 6.26 Å². The zero-order valence-electron chi connectivity index (χ0n) is 15.2. The number of piperidine rings is 1. The summed E-state index contributed by atoms with van der Waals surface area (Å²) in [5.41, 5.74) is 1.94. The number of aromatic nitrogens is 1. The lowest BCUT2D eigenvalue weighted by Crippen LogP contribution is -2.32. The van der Waals surface area contributed by atoms with Crippen LogP contribution in [0.25, 0.3) is 11.0 Å². The van der Waals surface area contributed by atoms with Crippen LogP contribution in [0.5, 0.6) is 0 Å². The molecule has 1 aliphatic rings. The number of anilines is 1. The minimum atomic E-state index is -0.0813. The van der Waals surface area contributed by atoms with Gasteiger partial charge in [-0.25, -0.2) is 4.98 Å². The van der Waals surface area contributed by atoms with Crippen LogP contribution in [0.2, 0.25) is 0 Å². The molecule has 0 radical (unpaired) electrons. The van der Waals surface area contributed by atoms with Gasteiger partial charge in [-0.15, -0.1) is 11.3 Å². The number of benzene rings is 1. The van der Waals surface area contributed by atoms with Crippen molar-refractivity contribution in [1.29, 1.82) is 0 Å². The molecule has 5 nitrogen and oxygen atoms in total. The smallest absolute Gasteiger partial charge is 0.223 e. The molecule has 3 heterocycles. The predicted molar refractivity (Wildman–Crippen MR) is 108 cm³/mol. The summed E-state index contributed by atoms with van der Waals surface area (Å²) < 4.78 is 5.37. The van der Waals surface area contributed by atoms with E-state index in [9.17, 15) is 4.79 Å². The van der Waals surface area contributed by atoms with E-state index in [0.29, 0.717) is 11.0 Å². The van der Waals surface area contributed by atoms with Crippen molar-refractivity contribution < 1.29 is 9.21 Å². The van der Waals surface area contributed by atoms with Gasteiger partial charge >= 0.3 is 0 Å². The molecule has 1 aliphatic heterocycles. The average molecular weight is 379 g/mol. The SMILES string of the molecule is CC(=O)Nc1ncc(CN2CCC(C#Cc3ccc4occc4c3)CC2)s1. The number of carbonyl (C=O) groups is 1. The molecule has 4 rings (SSSR count). The van der Waals surface area contributed by atoms with Gasteiger partial charge in [-0.1, -0.05) is 11.8 Å². The van der Waals surface area contributed by atoms with E-state index < -0.39 is 0 Å². The molecule has 0 aliphatic carbocycles. The predicted octanol–water partition coefficient (Wildman–Crippen LogP) is 4.11. The van der Waals surface area contributed by atoms with Gasteiger partial charge in [0.1, 0.15) is 5.58 Å². The molecule has 2 aromatic heterocycles. The molecular formula is C21H21N3O2S. The second-order valence-electron chi connectivity index (χ2n) is 6.81. The molecule has 0 spiro atoms. The number of fused-ring (bicyclic) bond motifs is 1. The lowest BCUT2D eigenvalue weighted by molar-refractivity contribution is -0.114. The Morgan fingerprint density at radius 3 is 3.04 bits per heavy atom. The summed E-state index contributed by atoms with van der Waals surface area (Å²) in [6.45, 7) is 4.45. The largest absolute Gasteiger partial charge is 0.464 e. The van der Waals surface area contributed by atoms with E-state index in [1.54, 1.807) is 17.6 Å². The van der Waals surface area contributed by atoms with Crippen LogP contribution in [-0.4, -0.2) is 28.9 Å². The second kappa shape index (κ2) is 7.95. The molecule has 0 atom stereocenters. The number of likely N-dealkylation sites (tertiary alicyclic amines) is 1. The third-order valence-corrected chi connectivity index (χ3v) is 5.57. The Hall–Kier alpha value is -2.62. The highest BCUT2D eigenvalue weighted by Gasteiger charge is 2.18. The molecular weight excluding hydrogens is 358 g/mol. The molecule has 1 N–H and O–H groups in total. The number of nitrogens with one attached hydrogen (secondary N) is 1. The average Bonchev–Trinajstić information content (AvgIpc) is 3.29. The maximum absolute atomic E-state index is 11.1. The van der Waals surface area contributed by atoms with Crippen molar-refractivity contribution in [2.45, 2.75) is 26.3 Å². The Morgan fingerprint density at radius 1 is 1.37 bits per heavy atom. The van der Waals surface area contributed by atoms with Crippen LogP contribution in [0.4, 0.5) is 5.13 Å². The van der Waals surface area contributed by atoms with Gasteiger partial charge in [0.15, 0.2) is 5.13 Å². The third-order valence-electron chi connectivity index (χ3n) is 4.68. The first-order valence-corrected chi connectivity index (χ1v) is 9.91. The monoisotopic (exact) mass is 379 g/mol. The van der Waals surface area contributed by atoms with Gasteiger partial charge in [-0.2, -0.15) is 0 Å². The zero-order valence-corrected chi connectivity index (χ0v) is 16.0. The highest BCUT2D eigenvalue weighted by Crippen LogP contribution is 2.23. The molecule has 27 heavy (non-hydrogen) atoms. The van der Waals surface area contributed by atoms with Crippen LogP contribution in [0, 0.1) is 17.8 Å². The minimum absolute atomic E-state index is 0.0813. The Bertz CT molecular complexity index is 1000. The quantitative estimate of drug-likeness (QED) is 0.696. The summed E-state index contributed by atoms with van der Waals surface area (Å²) in [5.74, 6) is 7.13. The maximum Gasteiger partial charge on any atom is 0.223 e. The number of nitrogens with zero attached hydrogens (tertiary/aromatic N) is 2. The van der Waals surface area contributed by atoms with Crippen molar-refractivity contribution in [2.75, 3.05) is 18.4 Å². The van der Waals surface area contributed by atoms with Crippen molar-refractivity contribution in [3.63, 3.8) is 0 Å². The van der Waals surface area contributed by atoms with Gasteiger partial charge in [0.25, 0.3) is 0 Å². The van der Waals surface area contributed by atoms with E-state index in [1.165, 1.54) is 11.8 Å². The molecule has 1 amide bonds. The number of furan rings is 1. The van der Waals surface area contributed by atoms with Gasteiger partial charge in [0, 0.05) is 41.4 Å². The molecule has 1 fully saturated rings. The molecule has 138 valence electrons. The summed E-state index contributed by atoms with van der Waals surface area (Å²) in [5, 5.41) is 4.51. The lowest BCUT2D eigenvalue weighted by Gasteiger charge is -2.29. The topological polar surface area (TPSA) is 58.4 Å². The Morgan fingerprint density at radius 2 is 2.22 bits per heavy atom. The fraction of sp³-hybridized carbons (Fsp3) is 0.333. The number of hydrogen-bond donors (Lipinski definition) is 1. The van der Waals surface area contributed by atoms with Gasteiger partial charge in [-0.3, -0.25) is 9.69 Å². The minimum Gasteiger partial charge on any atom is -0.464 e. The van der Waals surface area contributed by atoms with Crippen LogP contribution in [0.1, 0.15) is 30.2 Å². The van der Waals surface area contributed by atoms with E-state index in [-0.39, 0.29) is 5.91 Å². The van der Waals surface area contributed by atoms with Gasteiger partial charge in [-0.05, 0) is 50.2 Å². The highest BCUT2D eigenvalue weighted by molar-refractivity contribution is 7.15. The normalized spacial score (nSPS) is 15.4. The van der Waals surface area contributed by atoms with Crippen LogP contribution in [0.15, 0.2) is 41.1 Å². The fourth-order valence-corrected chi connectivity index (χ4v) is 4.18. The lowest BCUT2D eigenvalue weighted by atomic mass is 9.97. The van der Waals surface area contributed by atoms with Crippen molar-refractivity contribution in [1.82, 2.24) is 9.88 Å². The van der Waals surface area contributed by atoms with Crippen LogP contribution >= 0.6 is 11.3 Å². The van der Waals surface area contributed by atoms with Crippen molar-refractivity contribution >= 4 is 33.3 Å². The van der Waals surface area contributed by atoms with E-state index in [1.807, 2.05) is 24.4 Å². The fourth-order valence-electron chi connectivity index (χ4n) is 3.27. The first kappa shape index (κ1) is 17.8.